The number of nitrogen functional groups attached to an aromatic ring is 2. The Morgan fingerprint density at radius 1 is 1.22 bits per heavy atom. The molecule has 7 nitrogen and oxygen atoms in total. The summed E-state index contributed by atoms with van der Waals surface area (Å²) in [6.45, 7) is 1.98. The Labute approximate surface area is 105 Å². The second-order valence-corrected chi connectivity index (χ2v) is 3.76. The van der Waals surface area contributed by atoms with Crippen molar-refractivity contribution in [3.63, 3.8) is 0 Å². The zero-order valence-corrected chi connectivity index (χ0v) is 9.96. The number of hydrogen-bond acceptors (Lipinski definition) is 7. The number of hydrogen-bond donors (Lipinski definition) is 4. The highest BCUT2D eigenvalue weighted by Gasteiger charge is 2.08. The molecule has 0 aliphatic carbocycles. The summed E-state index contributed by atoms with van der Waals surface area (Å²) >= 11 is 0. The van der Waals surface area contributed by atoms with Gasteiger partial charge in [0.25, 0.3) is 0 Å². The fourth-order valence-corrected chi connectivity index (χ4v) is 1.54. The first kappa shape index (κ1) is 12.1. The summed E-state index contributed by atoms with van der Waals surface area (Å²) in [6, 6.07) is 7.42. The van der Waals surface area contributed by atoms with Gasteiger partial charge in [-0.1, -0.05) is 6.07 Å². The highest BCUT2D eigenvalue weighted by Crippen LogP contribution is 2.18. The van der Waals surface area contributed by atoms with E-state index in [4.69, 9.17) is 11.6 Å². The van der Waals surface area contributed by atoms with Crippen LogP contribution in [0, 0.1) is 0 Å². The molecule has 0 spiro atoms. The van der Waals surface area contributed by atoms with Crippen molar-refractivity contribution in [2.75, 3.05) is 16.5 Å². The molecule has 1 atom stereocenters. The number of hydrazine groups is 1. The second-order valence-electron chi connectivity index (χ2n) is 3.76. The molecule has 7 heteroatoms. The van der Waals surface area contributed by atoms with Crippen LogP contribution in [0.5, 0.6) is 0 Å². The monoisotopic (exact) mass is 245 g/mol. The third-order valence-corrected chi connectivity index (χ3v) is 2.39. The molecule has 2 aromatic heterocycles. The minimum atomic E-state index is 0.00567. The summed E-state index contributed by atoms with van der Waals surface area (Å²) in [5.41, 5.74) is 8.92. The first-order chi connectivity index (χ1) is 8.69. The minimum absolute atomic E-state index is 0.00567. The van der Waals surface area contributed by atoms with Crippen molar-refractivity contribution in [3.8, 4) is 0 Å². The molecule has 0 saturated carbocycles. The highest BCUT2D eigenvalue weighted by molar-refractivity contribution is 5.51. The normalized spacial score (nSPS) is 11.9. The van der Waals surface area contributed by atoms with Crippen LogP contribution in [0.2, 0.25) is 0 Å². The van der Waals surface area contributed by atoms with Gasteiger partial charge in [-0.05, 0) is 19.1 Å². The summed E-state index contributed by atoms with van der Waals surface area (Å²) in [5.74, 6) is 6.50. The molecule has 18 heavy (non-hydrogen) atoms. The molecule has 6 N–H and O–H groups in total. The fraction of sp³-hybridized carbons (Fsp3) is 0.182. The van der Waals surface area contributed by atoms with E-state index in [0.29, 0.717) is 11.6 Å². The van der Waals surface area contributed by atoms with E-state index >= 15 is 0 Å². The van der Waals surface area contributed by atoms with E-state index in [-0.39, 0.29) is 12.0 Å². The molecule has 0 radical (unpaired) electrons. The largest absolute Gasteiger partial charge is 0.368 e. The van der Waals surface area contributed by atoms with Gasteiger partial charge in [-0.15, -0.1) is 0 Å². The van der Waals surface area contributed by atoms with Crippen LogP contribution in [0.4, 0.5) is 17.6 Å². The van der Waals surface area contributed by atoms with E-state index < -0.39 is 0 Å². The molecular formula is C11H15N7. The minimum Gasteiger partial charge on any atom is -0.368 e. The molecule has 1 unspecified atom stereocenters. The molecule has 2 aromatic rings. The summed E-state index contributed by atoms with van der Waals surface area (Å²) in [4.78, 5) is 12.2. The summed E-state index contributed by atoms with van der Waals surface area (Å²) in [7, 11) is 0. The molecule has 2 heterocycles. The third kappa shape index (κ3) is 2.83. The number of anilines is 3. The topological polar surface area (TPSA) is 115 Å². The van der Waals surface area contributed by atoms with Crippen molar-refractivity contribution in [1.29, 1.82) is 0 Å². The van der Waals surface area contributed by atoms with Gasteiger partial charge in [0.2, 0.25) is 5.95 Å². The lowest BCUT2D eigenvalue weighted by Crippen LogP contribution is -2.14. The molecule has 94 valence electrons. The quantitative estimate of drug-likeness (QED) is 0.467. The SMILES string of the molecule is CC(Nc1cc(NN)nc(N)n1)c1ccccn1. The van der Waals surface area contributed by atoms with E-state index in [2.05, 4.69) is 25.7 Å². The first-order valence-electron chi connectivity index (χ1n) is 5.47. The first-order valence-corrected chi connectivity index (χ1v) is 5.47. The van der Waals surface area contributed by atoms with Gasteiger partial charge >= 0.3 is 0 Å². The number of nitrogens with one attached hydrogen (secondary N) is 2. The van der Waals surface area contributed by atoms with Gasteiger partial charge in [0, 0.05) is 12.3 Å². The Balaban J connectivity index is 2.16. The zero-order chi connectivity index (χ0) is 13.0. The lowest BCUT2D eigenvalue weighted by molar-refractivity contribution is 0.831. The van der Waals surface area contributed by atoms with Gasteiger partial charge in [0.1, 0.15) is 11.6 Å². The van der Waals surface area contributed by atoms with Crippen molar-refractivity contribution >= 4 is 17.6 Å². The van der Waals surface area contributed by atoms with Crippen molar-refractivity contribution in [2.45, 2.75) is 13.0 Å². The maximum atomic E-state index is 5.58. The Kier molecular flexibility index (Phi) is 3.54. The molecule has 0 fully saturated rings. The van der Waals surface area contributed by atoms with Crippen LogP contribution < -0.4 is 22.3 Å². The predicted molar refractivity (Wildman–Crippen MR) is 70.5 cm³/mol. The van der Waals surface area contributed by atoms with Crippen molar-refractivity contribution in [3.05, 3.63) is 36.2 Å². The molecule has 2 rings (SSSR count). The van der Waals surface area contributed by atoms with Crippen LogP contribution in [0.3, 0.4) is 0 Å². The number of nitrogens with zero attached hydrogens (tertiary/aromatic N) is 3. The van der Waals surface area contributed by atoms with Crippen LogP contribution in [0.25, 0.3) is 0 Å². The third-order valence-electron chi connectivity index (χ3n) is 2.39. The van der Waals surface area contributed by atoms with E-state index in [1.54, 1.807) is 12.3 Å². The Morgan fingerprint density at radius 3 is 2.67 bits per heavy atom. The molecule has 0 aliphatic heterocycles. The number of pyridine rings is 1. The van der Waals surface area contributed by atoms with E-state index in [0.717, 1.165) is 5.69 Å². The zero-order valence-electron chi connectivity index (χ0n) is 9.96. The summed E-state index contributed by atoms with van der Waals surface area (Å²) < 4.78 is 0. The number of rotatable bonds is 4. The second kappa shape index (κ2) is 5.28. The highest BCUT2D eigenvalue weighted by atomic mass is 15.3. The van der Waals surface area contributed by atoms with Crippen LogP contribution in [-0.4, -0.2) is 15.0 Å². The maximum absolute atomic E-state index is 5.58. The average Bonchev–Trinajstić information content (AvgIpc) is 2.39. The Bertz CT molecular complexity index is 514. The summed E-state index contributed by atoms with van der Waals surface area (Å²) in [5, 5.41) is 3.18. The van der Waals surface area contributed by atoms with Gasteiger partial charge in [0.05, 0.1) is 11.7 Å². The average molecular weight is 245 g/mol. The van der Waals surface area contributed by atoms with E-state index in [9.17, 15) is 0 Å². The predicted octanol–water partition coefficient (Wildman–Crippen LogP) is 0.912. The lowest BCUT2D eigenvalue weighted by atomic mass is 10.2. The maximum Gasteiger partial charge on any atom is 0.223 e. The molecular weight excluding hydrogens is 230 g/mol. The van der Waals surface area contributed by atoms with Crippen molar-refractivity contribution in [1.82, 2.24) is 15.0 Å². The van der Waals surface area contributed by atoms with Gasteiger partial charge in [-0.25, -0.2) is 5.84 Å². The van der Waals surface area contributed by atoms with Crippen LogP contribution in [0.1, 0.15) is 18.7 Å². The number of aromatic nitrogens is 3. The van der Waals surface area contributed by atoms with Crippen LogP contribution in [0.15, 0.2) is 30.5 Å². The molecule has 0 saturated heterocycles. The smallest absolute Gasteiger partial charge is 0.223 e. The van der Waals surface area contributed by atoms with Gasteiger partial charge in [0.15, 0.2) is 0 Å². The standard InChI is InChI=1S/C11H15N7/c1-7(8-4-2-3-5-14-8)15-9-6-10(18-13)17-11(12)16-9/h2-7H,13H2,1H3,(H4,12,15,16,17,18). The molecule has 0 amide bonds. The molecule has 0 aromatic carbocycles. The molecule has 0 bridgehead atoms. The van der Waals surface area contributed by atoms with Gasteiger partial charge < -0.3 is 16.5 Å². The van der Waals surface area contributed by atoms with Gasteiger partial charge in [-0.2, -0.15) is 9.97 Å². The number of nitrogens with two attached hydrogens (primary N) is 2. The summed E-state index contributed by atoms with van der Waals surface area (Å²) in [6.07, 6.45) is 1.74. The Hall–Kier alpha value is -2.41. The lowest BCUT2D eigenvalue weighted by Gasteiger charge is -2.14. The van der Waals surface area contributed by atoms with Gasteiger partial charge in [-0.3, -0.25) is 4.98 Å². The van der Waals surface area contributed by atoms with Crippen molar-refractivity contribution in [2.24, 2.45) is 5.84 Å². The van der Waals surface area contributed by atoms with Crippen molar-refractivity contribution < 1.29 is 0 Å². The fourth-order valence-electron chi connectivity index (χ4n) is 1.54. The van der Waals surface area contributed by atoms with Crippen LogP contribution >= 0.6 is 0 Å². The molecule has 0 aliphatic rings. The van der Waals surface area contributed by atoms with E-state index in [1.807, 2.05) is 25.1 Å². The van der Waals surface area contributed by atoms with E-state index in [1.165, 1.54) is 0 Å². The Morgan fingerprint density at radius 2 is 2.00 bits per heavy atom. The van der Waals surface area contributed by atoms with Crippen LogP contribution in [-0.2, 0) is 0 Å².